The van der Waals surface area contributed by atoms with E-state index >= 15 is 0 Å². The van der Waals surface area contributed by atoms with Crippen molar-refractivity contribution < 1.29 is 9.59 Å². The van der Waals surface area contributed by atoms with Crippen LogP contribution in [-0.2, 0) is 17.8 Å². The number of thiophene rings is 1. The van der Waals surface area contributed by atoms with E-state index in [1.165, 1.54) is 11.3 Å². The van der Waals surface area contributed by atoms with E-state index in [-0.39, 0.29) is 11.9 Å². The lowest BCUT2D eigenvalue weighted by Crippen LogP contribution is -2.52. The molecule has 0 unspecified atom stereocenters. The SMILES string of the molecule is CN1CCCN(c2ccc(NC(=O)[C@H]3Cc4ccccc4CN3C(=O)Nc3ccc(Cl)s3)cc2)CC1. The number of halogens is 1. The second kappa shape index (κ2) is 10.9. The molecule has 7 nitrogen and oxygen atoms in total. The van der Waals surface area contributed by atoms with Crippen LogP contribution in [0.5, 0.6) is 0 Å². The summed E-state index contributed by atoms with van der Waals surface area (Å²) in [6.45, 7) is 4.53. The summed E-state index contributed by atoms with van der Waals surface area (Å²) in [6.07, 6.45) is 1.59. The van der Waals surface area contributed by atoms with Crippen LogP contribution in [0.1, 0.15) is 17.5 Å². The molecule has 5 rings (SSSR count). The number of amides is 3. The molecule has 0 aliphatic carbocycles. The molecule has 2 N–H and O–H groups in total. The minimum Gasteiger partial charge on any atom is -0.370 e. The van der Waals surface area contributed by atoms with Gasteiger partial charge in [-0.1, -0.05) is 35.9 Å². The fourth-order valence-corrected chi connectivity index (χ4v) is 5.75. The second-order valence-corrected chi connectivity index (χ2v) is 11.0. The van der Waals surface area contributed by atoms with Crippen molar-refractivity contribution in [3.63, 3.8) is 0 Å². The predicted molar refractivity (Wildman–Crippen MR) is 147 cm³/mol. The Kier molecular flexibility index (Phi) is 7.46. The molecule has 1 fully saturated rings. The first kappa shape index (κ1) is 24.6. The molecule has 9 heteroatoms. The van der Waals surface area contributed by atoms with Crippen molar-refractivity contribution in [2.75, 3.05) is 48.8 Å². The van der Waals surface area contributed by atoms with Gasteiger partial charge in [-0.3, -0.25) is 10.1 Å². The van der Waals surface area contributed by atoms with Gasteiger partial charge in [0.05, 0.1) is 9.34 Å². The molecule has 36 heavy (non-hydrogen) atoms. The van der Waals surface area contributed by atoms with Crippen molar-refractivity contribution in [3.8, 4) is 0 Å². The first-order valence-corrected chi connectivity index (χ1v) is 13.4. The zero-order valence-electron chi connectivity index (χ0n) is 20.2. The highest BCUT2D eigenvalue weighted by Gasteiger charge is 2.35. The number of likely N-dealkylation sites (N-methyl/N-ethyl adjacent to an activating group) is 1. The van der Waals surface area contributed by atoms with Crippen LogP contribution in [0.25, 0.3) is 0 Å². The van der Waals surface area contributed by atoms with E-state index in [9.17, 15) is 9.59 Å². The van der Waals surface area contributed by atoms with Crippen LogP contribution in [-0.4, -0.2) is 61.0 Å². The Hall–Kier alpha value is -3.07. The fraction of sp³-hybridized carbons (Fsp3) is 0.333. The van der Waals surface area contributed by atoms with Crippen LogP contribution in [0.15, 0.2) is 60.7 Å². The van der Waals surface area contributed by atoms with Gasteiger partial charge >= 0.3 is 6.03 Å². The van der Waals surface area contributed by atoms with E-state index in [0.29, 0.717) is 22.3 Å². The van der Waals surface area contributed by atoms with Gasteiger partial charge in [-0.25, -0.2) is 4.79 Å². The topological polar surface area (TPSA) is 67.9 Å². The summed E-state index contributed by atoms with van der Waals surface area (Å²) >= 11 is 7.32. The van der Waals surface area contributed by atoms with E-state index in [2.05, 4.69) is 39.6 Å². The fourth-order valence-electron chi connectivity index (χ4n) is 4.82. The summed E-state index contributed by atoms with van der Waals surface area (Å²) in [5.41, 5.74) is 4.01. The van der Waals surface area contributed by atoms with Crippen LogP contribution >= 0.6 is 22.9 Å². The van der Waals surface area contributed by atoms with Gasteiger partial charge in [-0.2, -0.15) is 0 Å². The quantitative estimate of drug-likeness (QED) is 0.497. The standard InChI is InChI=1S/C27H30ClN5O2S/c1-31-13-4-14-32(16-15-31)22-9-7-21(8-10-22)29-26(34)23-17-19-5-2-3-6-20(19)18-33(23)27(35)30-25-12-11-24(28)36-25/h2-3,5-12,23H,4,13-18H2,1H3,(H,29,34)(H,30,35)/t23-/m1/s1. The van der Waals surface area contributed by atoms with Crippen molar-refractivity contribution in [2.45, 2.75) is 25.4 Å². The normalized spacial score (nSPS) is 18.3. The summed E-state index contributed by atoms with van der Waals surface area (Å²) in [6, 6.07) is 18.5. The molecule has 3 amide bonds. The molecular formula is C27H30ClN5O2S. The molecule has 1 saturated heterocycles. The van der Waals surface area contributed by atoms with E-state index in [4.69, 9.17) is 11.6 Å². The summed E-state index contributed by atoms with van der Waals surface area (Å²) < 4.78 is 0.597. The van der Waals surface area contributed by atoms with E-state index in [0.717, 1.165) is 55.1 Å². The van der Waals surface area contributed by atoms with Crippen molar-refractivity contribution >= 4 is 51.3 Å². The largest absolute Gasteiger partial charge is 0.370 e. The summed E-state index contributed by atoms with van der Waals surface area (Å²) in [5.74, 6) is -0.201. The molecule has 0 radical (unpaired) electrons. The maximum Gasteiger partial charge on any atom is 0.323 e. The lowest BCUT2D eigenvalue weighted by molar-refractivity contribution is -0.120. The molecule has 188 valence electrons. The van der Waals surface area contributed by atoms with Gasteiger partial charge in [0.25, 0.3) is 0 Å². The number of nitrogens with one attached hydrogen (secondary N) is 2. The number of hydrogen-bond acceptors (Lipinski definition) is 5. The number of urea groups is 1. The van der Waals surface area contributed by atoms with Crippen LogP contribution in [0.2, 0.25) is 4.34 Å². The molecule has 3 aromatic rings. The molecule has 1 aromatic heterocycles. The maximum atomic E-state index is 13.4. The van der Waals surface area contributed by atoms with Crippen molar-refractivity contribution in [1.29, 1.82) is 0 Å². The Labute approximate surface area is 220 Å². The lowest BCUT2D eigenvalue weighted by atomic mass is 9.93. The summed E-state index contributed by atoms with van der Waals surface area (Å²) in [5, 5.41) is 6.59. The van der Waals surface area contributed by atoms with Gasteiger partial charge in [0.15, 0.2) is 0 Å². The van der Waals surface area contributed by atoms with Gasteiger partial charge in [-0.15, -0.1) is 11.3 Å². The molecule has 0 spiro atoms. The highest BCUT2D eigenvalue weighted by molar-refractivity contribution is 7.20. The van der Waals surface area contributed by atoms with Crippen molar-refractivity contribution in [1.82, 2.24) is 9.80 Å². The minimum atomic E-state index is -0.629. The Morgan fingerprint density at radius 2 is 1.69 bits per heavy atom. The number of carbonyl (C=O) groups is 2. The Bertz CT molecular complexity index is 1230. The second-order valence-electron chi connectivity index (χ2n) is 9.33. The molecule has 0 bridgehead atoms. The van der Waals surface area contributed by atoms with Crippen LogP contribution in [0, 0.1) is 0 Å². The van der Waals surface area contributed by atoms with Crippen LogP contribution < -0.4 is 15.5 Å². The van der Waals surface area contributed by atoms with Gasteiger partial charge in [0.2, 0.25) is 5.91 Å². The van der Waals surface area contributed by atoms with Gasteiger partial charge in [0.1, 0.15) is 6.04 Å². The zero-order chi connectivity index (χ0) is 25.1. The molecule has 1 atom stereocenters. The lowest BCUT2D eigenvalue weighted by Gasteiger charge is -2.35. The van der Waals surface area contributed by atoms with Crippen LogP contribution in [0.4, 0.5) is 21.2 Å². The number of fused-ring (bicyclic) bond motifs is 1. The highest BCUT2D eigenvalue weighted by atomic mass is 35.5. The van der Waals surface area contributed by atoms with Gasteiger partial charge in [0, 0.05) is 44.0 Å². The molecule has 2 aliphatic heterocycles. The first-order chi connectivity index (χ1) is 17.5. The smallest absolute Gasteiger partial charge is 0.323 e. The number of nitrogens with zero attached hydrogens (tertiary/aromatic N) is 3. The van der Waals surface area contributed by atoms with Crippen LogP contribution in [0.3, 0.4) is 0 Å². The Morgan fingerprint density at radius 1 is 0.917 bits per heavy atom. The van der Waals surface area contributed by atoms with E-state index < -0.39 is 6.04 Å². The van der Waals surface area contributed by atoms with Crippen molar-refractivity contribution in [2.24, 2.45) is 0 Å². The average molecular weight is 524 g/mol. The third-order valence-corrected chi connectivity index (χ3v) is 7.98. The zero-order valence-corrected chi connectivity index (χ0v) is 21.8. The number of hydrogen-bond donors (Lipinski definition) is 2. The van der Waals surface area contributed by atoms with Gasteiger partial charge in [-0.05, 0) is 67.5 Å². The maximum absolute atomic E-state index is 13.4. The van der Waals surface area contributed by atoms with E-state index in [1.54, 1.807) is 17.0 Å². The van der Waals surface area contributed by atoms with E-state index in [1.807, 2.05) is 36.4 Å². The number of rotatable bonds is 4. The first-order valence-electron chi connectivity index (χ1n) is 12.2. The molecule has 0 saturated carbocycles. The number of carbonyl (C=O) groups excluding carboxylic acids is 2. The molecular weight excluding hydrogens is 494 g/mol. The minimum absolute atomic E-state index is 0.201. The van der Waals surface area contributed by atoms with Gasteiger partial charge < -0.3 is 20.0 Å². The summed E-state index contributed by atoms with van der Waals surface area (Å²) in [4.78, 5) is 33.0. The number of benzene rings is 2. The average Bonchev–Trinajstić information content (AvgIpc) is 3.16. The molecule has 2 aromatic carbocycles. The monoisotopic (exact) mass is 523 g/mol. The molecule has 2 aliphatic rings. The third kappa shape index (κ3) is 5.67. The predicted octanol–water partition coefficient (Wildman–Crippen LogP) is 5.14. The highest BCUT2D eigenvalue weighted by Crippen LogP contribution is 2.29. The Balaban J connectivity index is 1.30. The third-order valence-electron chi connectivity index (χ3n) is 6.83. The molecule has 3 heterocycles. The number of anilines is 3. The van der Waals surface area contributed by atoms with Crippen molar-refractivity contribution in [3.05, 3.63) is 76.1 Å². The summed E-state index contributed by atoms with van der Waals surface area (Å²) in [7, 11) is 2.16. The Morgan fingerprint density at radius 3 is 2.44 bits per heavy atom.